The number of carboxylic acids is 1. The van der Waals surface area contributed by atoms with Crippen molar-refractivity contribution in [2.24, 2.45) is 5.41 Å². The summed E-state index contributed by atoms with van der Waals surface area (Å²) in [6.45, 7) is 3.21. The third kappa shape index (κ3) is 2.50. The molecule has 1 aliphatic carbocycles. The van der Waals surface area contributed by atoms with Gasteiger partial charge in [0.25, 0.3) is 0 Å². The van der Waals surface area contributed by atoms with Gasteiger partial charge in [-0.05, 0) is 32.3 Å². The first-order chi connectivity index (χ1) is 7.33. The Hall–Kier alpha value is -1.60. The second-order valence-electron chi connectivity index (χ2n) is 4.40. The Bertz CT molecular complexity index is 395. The summed E-state index contributed by atoms with van der Waals surface area (Å²) in [6.07, 6.45) is 5.45. The van der Waals surface area contributed by atoms with Gasteiger partial charge in [-0.25, -0.2) is 4.79 Å². The van der Waals surface area contributed by atoms with Crippen LogP contribution in [-0.2, 0) is 4.79 Å². The largest absolute Gasteiger partial charge is 0.478 e. The molecule has 0 aromatic rings. The van der Waals surface area contributed by atoms with Gasteiger partial charge in [-0.15, -0.1) is 0 Å². The minimum absolute atomic E-state index is 0.529. The molecular formula is C12H15NO3. The number of carbonyl (C=O) groups is 1. The van der Waals surface area contributed by atoms with Crippen molar-refractivity contribution in [2.75, 3.05) is 0 Å². The molecule has 0 bridgehead atoms. The molecule has 2 N–H and O–H groups in total. The number of rotatable bonds is 4. The Morgan fingerprint density at radius 1 is 1.56 bits per heavy atom. The molecule has 0 heterocycles. The zero-order chi connectivity index (χ0) is 12.4. The van der Waals surface area contributed by atoms with Gasteiger partial charge in [0.15, 0.2) is 0 Å². The van der Waals surface area contributed by atoms with E-state index in [1.54, 1.807) is 13.8 Å². The van der Waals surface area contributed by atoms with E-state index in [0.29, 0.717) is 18.4 Å². The summed E-state index contributed by atoms with van der Waals surface area (Å²) in [6, 6.07) is 2.12. The van der Waals surface area contributed by atoms with Gasteiger partial charge in [0.05, 0.1) is 17.1 Å². The lowest BCUT2D eigenvalue weighted by Crippen LogP contribution is -2.32. The highest BCUT2D eigenvalue weighted by Crippen LogP contribution is 2.54. The van der Waals surface area contributed by atoms with Gasteiger partial charge >= 0.3 is 5.97 Å². The van der Waals surface area contributed by atoms with Crippen LogP contribution in [0.25, 0.3) is 0 Å². The van der Waals surface area contributed by atoms with Crippen LogP contribution in [0.1, 0.15) is 26.7 Å². The lowest BCUT2D eigenvalue weighted by molar-refractivity contribution is -0.131. The van der Waals surface area contributed by atoms with Gasteiger partial charge < -0.3 is 10.2 Å². The molecule has 1 aliphatic rings. The number of hydrogen-bond acceptors (Lipinski definition) is 3. The zero-order valence-corrected chi connectivity index (χ0v) is 9.40. The number of aliphatic hydroxyl groups is 1. The van der Waals surface area contributed by atoms with E-state index in [1.165, 1.54) is 12.2 Å². The number of hydrogen-bond donors (Lipinski definition) is 2. The average Bonchev–Trinajstić information content (AvgIpc) is 2.94. The average molecular weight is 221 g/mol. The minimum atomic E-state index is -1.20. The van der Waals surface area contributed by atoms with Crippen molar-refractivity contribution in [3.63, 3.8) is 0 Å². The van der Waals surface area contributed by atoms with Gasteiger partial charge in [-0.3, -0.25) is 0 Å². The molecule has 4 heteroatoms. The number of allylic oxidation sites excluding steroid dienone is 2. The van der Waals surface area contributed by atoms with Crippen molar-refractivity contribution in [3.05, 3.63) is 23.8 Å². The second-order valence-corrected chi connectivity index (χ2v) is 4.40. The van der Waals surface area contributed by atoms with Crippen molar-refractivity contribution in [1.29, 1.82) is 5.26 Å². The van der Waals surface area contributed by atoms with Gasteiger partial charge in [-0.1, -0.05) is 12.2 Å². The van der Waals surface area contributed by atoms with Crippen molar-refractivity contribution in [1.82, 2.24) is 0 Å². The molecule has 0 saturated heterocycles. The van der Waals surface area contributed by atoms with Crippen LogP contribution in [0.2, 0.25) is 0 Å². The van der Waals surface area contributed by atoms with E-state index in [1.807, 2.05) is 0 Å². The number of aliphatic carboxylic acids is 1. The predicted molar refractivity (Wildman–Crippen MR) is 58.4 cm³/mol. The summed E-state index contributed by atoms with van der Waals surface area (Å²) in [4.78, 5) is 10.4. The highest BCUT2D eigenvalue weighted by atomic mass is 16.4. The summed E-state index contributed by atoms with van der Waals surface area (Å²) in [7, 11) is 0. The summed E-state index contributed by atoms with van der Waals surface area (Å²) < 4.78 is 0. The van der Waals surface area contributed by atoms with Crippen LogP contribution in [0.5, 0.6) is 0 Å². The van der Waals surface area contributed by atoms with E-state index in [4.69, 9.17) is 10.4 Å². The predicted octanol–water partition coefficient (Wildman–Crippen LogP) is 1.63. The highest BCUT2D eigenvalue weighted by molar-refractivity contribution is 5.81. The summed E-state index contributed by atoms with van der Waals surface area (Å²) in [5.41, 5.74) is -1.36. The molecule has 0 aromatic carbocycles. The normalized spacial score (nSPS) is 22.5. The molecule has 0 unspecified atom stereocenters. The van der Waals surface area contributed by atoms with Gasteiger partial charge in [0, 0.05) is 6.08 Å². The first kappa shape index (κ1) is 12.5. The SMILES string of the molecule is CC(=C/C(=O)O)/C=C/[C@](C)(O)C1(C#N)CC1. The summed E-state index contributed by atoms with van der Waals surface area (Å²) >= 11 is 0. The van der Waals surface area contributed by atoms with Crippen LogP contribution in [-0.4, -0.2) is 21.8 Å². The van der Waals surface area contributed by atoms with E-state index in [-0.39, 0.29) is 0 Å². The van der Waals surface area contributed by atoms with E-state index >= 15 is 0 Å². The lowest BCUT2D eigenvalue weighted by Gasteiger charge is -2.24. The topological polar surface area (TPSA) is 81.3 Å². The smallest absolute Gasteiger partial charge is 0.328 e. The lowest BCUT2D eigenvalue weighted by atomic mass is 9.86. The van der Waals surface area contributed by atoms with Crippen LogP contribution < -0.4 is 0 Å². The summed E-state index contributed by atoms with van der Waals surface area (Å²) in [5.74, 6) is -1.02. The molecule has 1 rings (SSSR count). The molecule has 0 aromatic heterocycles. The molecule has 0 amide bonds. The Kier molecular flexibility index (Phi) is 3.20. The Balaban J connectivity index is 2.78. The van der Waals surface area contributed by atoms with E-state index in [0.717, 1.165) is 6.08 Å². The van der Waals surface area contributed by atoms with Crippen LogP contribution in [0.4, 0.5) is 0 Å². The maximum absolute atomic E-state index is 10.4. The third-order valence-corrected chi connectivity index (χ3v) is 2.95. The second kappa shape index (κ2) is 4.11. The van der Waals surface area contributed by atoms with E-state index < -0.39 is 17.0 Å². The zero-order valence-electron chi connectivity index (χ0n) is 9.40. The molecule has 1 fully saturated rings. The van der Waals surface area contributed by atoms with E-state index in [9.17, 15) is 9.90 Å². The number of nitriles is 1. The van der Waals surface area contributed by atoms with Crippen molar-refractivity contribution >= 4 is 5.97 Å². The maximum atomic E-state index is 10.4. The quantitative estimate of drug-likeness (QED) is 0.558. The Morgan fingerprint density at radius 3 is 2.50 bits per heavy atom. The highest BCUT2D eigenvalue weighted by Gasteiger charge is 2.55. The first-order valence-electron chi connectivity index (χ1n) is 5.07. The third-order valence-electron chi connectivity index (χ3n) is 2.95. The van der Waals surface area contributed by atoms with Crippen LogP contribution in [0.3, 0.4) is 0 Å². The monoisotopic (exact) mass is 221 g/mol. The molecule has 86 valence electrons. The molecule has 1 saturated carbocycles. The molecular weight excluding hydrogens is 206 g/mol. The molecule has 0 spiro atoms. The summed E-state index contributed by atoms with van der Waals surface area (Å²) in [5, 5.41) is 27.6. The van der Waals surface area contributed by atoms with Crippen molar-refractivity contribution in [2.45, 2.75) is 32.3 Å². The van der Waals surface area contributed by atoms with E-state index in [2.05, 4.69) is 6.07 Å². The van der Waals surface area contributed by atoms with Gasteiger partial charge in [-0.2, -0.15) is 5.26 Å². The van der Waals surface area contributed by atoms with Crippen molar-refractivity contribution < 1.29 is 15.0 Å². The Morgan fingerprint density at radius 2 is 2.12 bits per heavy atom. The maximum Gasteiger partial charge on any atom is 0.328 e. The number of carboxylic acid groups (broad SMARTS) is 1. The molecule has 0 radical (unpaired) electrons. The van der Waals surface area contributed by atoms with Crippen LogP contribution >= 0.6 is 0 Å². The standard InChI is InChI=1S/C12H15NO3/c1-9(7-10(14)15)3-4-11(2,16)12(8-13)5-6-12/h3-4,7,16H,5-6H2,1-2H3,(H,14,15)/b4-3+,9-7-/t11-/m0/s1. The molecule has 16 heavy (non-hydrogen) atoms. The van der Waals surface area contributed by atoms with Gasteiger partial charge in [0.1, 0.15) is 0 Å². The molecule has 0 aliphatic heterocycles. The minimum Gasteiger partial charge on any atom is -0.478 e. The number of nitrogens with zero attached hydrogens (tertiary/aromatic N) is 1. The Labute approximate surface area is 94.5 Å². The fourth-order valence-electron chi connectivity index (χ4n) is 1.55. The van der Waals surface area contributed by atoms with Gasteiger partial charge in [0.2, 0.25) is 0 Å². The van der Waals surface area contributed by atoms with Crippen LogP contribution in [0.15, 0.2) is 23.8 Å². The fourth-order valence-corrected chi connectivity index (χ4v) is 1.55. The molecule has 1 atom stereocenters. The molecule has 4 nitrogen and oxygen atoms in total. The van der Waals surface area contributed by atoms with Crippen LogP contribution in [0, 0.1) is 16.7 Å². The first-order valence-corrected chi connectivity index (χ1v) is 5.07. The van der Waals surface area contributed by atoms with Crippen molar-refractivity contribution in [3.8, 4) is 6.07 Å². The fraction of sp³-hybridized carbons (Fsp3) is 0.500.